The minimum atomic E-state index is -0.366. The van der Waals surface area contributed by atoms with Crippen LogP contribution < -0.4 is 10.2 Å². The van der Waals surface area contributed by atoms with Crippen LogP contribution in [0.1, 0.15) is 23.2 Å². The second-order valence-electron chi connectivity index (χ2n) is 4.44. The molecule has 1 aromatic rings. The number of carbonyl (C=O) groups is 2. The first-order valence-electron chi connectivity index (χ1n) is 6.42. The summed E-state index contributed by atoms with van der Waals surface area (Å²) in [4.78, 5) is 25.2. The van der Waals surface area contributed by atoms with Crippen molar-refractivity contribution in [2.75, 3.05) is 31.6 Å². The highest BCUT2D eigenvalue weighted by Gasteiger charge is 2.17. The molecule has 2 rings (SSSR count). The zero-order chi connectivity index (χ0) is 13.7. The van der Waals surface area contributed by atoms with Crippen molar-refractivity contribution in [1.82, 2.24) is 5.32 Å². The number of esters is 1. The van der Waals surface area contributed by atoms with Gasteiger partial charge in [-0.3, -0.25) is 4.79 Å². The maximum atomic E-state index is 12.0. The molecular weight excluding hydrogens is 244 g/mol. The van der Waals surface area contributed by atoms with Gasteiger partial charge in [0, 0.05) is 25.2 Å². The molecule has 1 aliphatic heterocycles. The van der Waals surface area contributed by atoms with Crippen molar-refractivity contribution < 1.29 is 14.3 Å². The number of rotatable bonds is 2. The summed E-state index contributed by atoms with van der Waals surface area (Å²) in [5.41, 5.74) is 1.33. The lowest BCUT2D eigenvalue weighted by molar-refractivity contribution is -0.118. The predicted molar refractivity (Wildman–Crippen MR) is 72.2 cm³/mol. The monoisotopic (exact) mass is 262 g/mol. The SMILES string of the molecule is COC(=O)c1ccc(N2CCCNCCC2=O)cc1. The maximum absolute atomic E-state index is 12.0. The number of anilines is 1. The lowest BCUT2D eigenvalue weighted by Gasteiger charge is -2.25. The molecule has 0 unspecified atom stereocenters. The largest absolute Gasteiger partial charge is 0.465 e. The number of methoxy groups -OCH3 is 1. The van der Waals surface area contributed by atoms with Gasteiger partial charge in [0.15, 0.2) is 0 Å². The highest BCUT2D eigenvalue weighted by molar-refractivity contribution is 5.95. The van der Waals surface area contributed by atoms with Crippen molar-refractivity contribution >= 4 is 17.6 Å². The van der Waals surface area contributed by atoms with E-state index < -0.39 is 0 Å². The van der Waals surface area contributed by atoms with Crippen molar-refractivity contribution in [3.05, 3.63) is 29.8 Å². The van der Waals surface area contributed by atoms with Crippen molar-refractivity contribution in [3.8, 4) is 0 Å². The molecule has 19 heavy (non-hydrogen) atoms. The smallest absolute Gasteiger partial charge is 0.337 e. The number of nitrogens with one attached hydrogen (secondary N) is 1. The van der Waals surface area contributed by atoms with E-state index in [0.717, 1.165) is 25.2 Å². The zero-order valence-corrected chi connectivity index (χ0v) is 11.0. The van der Waals surface area contributed by atoms with Crippen molar-refractivity contribution in [1.29, 1.82) is 0 Å². The molecule has 1 saturated heterocycles. The van der Waals surface area contributed by atoms with E-state index in [1.807, 2.05) is 0 Å². The summed E-state index contributed by atoms with van der Waals surface area (Å²) in [5.74, 6) is -0.257. The van der Waals surface area contributed by atoms with Gasteiger partial charge in [0.05, 0.1) is 12.7 Å². The number of hydrogen-bond acceptors (Lipinski definition) is 4. The third-order valence-electron chi connectivity index (χ3n) is 3.15. The fourth-order valence-electron chi connectivity index (χ4n) is 2.11. The maximum Gasteiger partial charge on any atom is 0.337 e. The second kappa shape index (κ2) is 6.33. The van der Waals surface area contributed by atoms with Gasteiger partial charge in [0.25, 0.3) is 0 Å². The number of benzene rings is 1. The molecule has 0 aromatic heterocycles. The molecule has 102 valence electrons. The number of hydrogen-bond donors (Lipinski definition) is 1. The summed E-state index contributed by atoms with van der Waals surface area (Å²) >= 11 is 0. The van der Waals surface area contributed by atoms with Crippen molar-refractivity contribution in [3.63, 3.8) is 0 Å². The average molecular weight is 262 g/mol. The van der Waals surface area contributed by atoms with Crippen LogP contribution >= 0.6 is 0 Å². The standard InChI is InChI=1S/C14H18N2O3/c1-19-14(18)11-3-5-12(6-4-11)16-10-2-8-15-9-7-13(16)17/h3-6,15H,2,7-10H2,1H3. The first-order chi connectivity index (χ1) is 9.22. The van der Waals surface area contributed by atoms with Gasteiger partial charge in [0.1, 0.15) is 0 Å². The predicted octanol–water partition coefficient (Wildman–Crippen LogP) is 1.19. The van der Waals surface area contributed by atoms with E-state index in [2.05, 4.69) is 10.1 Å². The minimum absolute atomic E-state index is 0.109. The number of carbonyl (C=O) groups excluding carboxylic acids is 2. The Morgan fingerprint density at radius 3 is 2.68 bits per heavy atom. The normalized spacial score (nSPS) is 16.7. The van der Waals surface area contributed by atoms with Crippen LogP contribution in [0.4, 0.5) is 5.69 Å². The Kier molecular flexibility index (Phi) is 4.52. The molecule has 5 heteroatoms. The average Bonchev–Trinajstić information content (AvgIpc) is 2.43. The molecular formula is C14H18N2O3. The highest BCUT2D eigenvalue weighted by Crippen LogP contribution is 2.18. The van der Waals surface area contributed by atoms with Gasteiger partial charge in [-0.15, -0.1) is 0 Å². The van der Waals surface area contributed by atoms with E-state index in [9.17, 15) is 9.59 Å². The molecule has 0 spiro atoms. The number of nitrogens with zero attached hydrogens (tertiary/aromatic N) is 1. The molecule has 0 radical (unpaired) electrons. The molecule has 1 aliphatic rings. The highest BCUT2D eigenvalue weighted by atomic mass is 16.5. The molecule has 0 bridgehead atoms. The Labute approximate surface area is 112 Å². The summed E-state index contributed by atoms with van der Waals surface area (Å²) in [7, 11) is 1.35. The fourth-order valence-corrected chi connectivity index (χ4v) is 2.11. The van der Waals surface area contributed by atoms with Crippen LogP contribution in [-0.4, -0.2) is 38.6 Å². The number of amides is 1. The Hall–Kier alpha value is -1.88. The second-order valence-corrected chi connectivity index (χ2v) is 4.44. The van der Waals surface area contributed by atoms with Crippen molar-refractivity contribution in [2.24, 2.45) is 0 Å². The van der Waals surface area contributed by atoms with Crippen molar-refractivity contribution in [2.45, 2.75) is 12.8 Å². The van der Waals surface area contributed by atoms with E-state index in [4.69, 9.17) is 0 Å². The van der Waals surface area contributed by atoms with Gasteiger partial charge in [-0.2, -0.15) is 0 Å². The van der Waals surface area contributed by atoms with Crippen LogP contribution in [-0.2, 0) is 9.53 Å². The minimum Gasteiger partial charge on any atom is -0.465 e. The molecule has 5 nitrogen and oxygen atoms in total. The van der Waals surface area contributed by atoms with E-state index in [-0.39, 0.29) is 11.9 Å². The Balaban J connectivity index is 2.15. The zero-order valence-electron chi connectivity index (χ0n) is 11.0. The molecule has 1 fully saturated rings. The number of ether oxygens (including phenoxy) is 1. The fraction of sp³-hybridized carbons (Fsp3) is 0.429. The van der Waals surface area contributed by atoms with E-state index in [0.29, 0.717) is 18.5 Å². The molecule has 1 aromatic carbocycles. The Morgan fingerprint density at radius 2 is 2.00 bits per heavy atom. The van der Waals surface area contributed by atoms with Crippen LogP contribution in [0, 0.1) is 0 Å². The van der Waals surface area contributed by atoms with Gasteiger partial charge in [-0.1, -0.05) is 0 Å². The van der Waals surface area contributed by atoms with Crippen LogP contribution in [0.2, 0.25) is 0 Å². The molecule has 0 atom stereocenters. The lowest BCUT2D eigenvalue weighted by atomic mass is 10.1. The topological polar surface area (TPSA) is 58.6 Å². The van der Waals surface area contributed by atoms with Crippen LogP contribution in [0.5, 0.6) is 0 Å². The van der Waals surface area contributed by atoms with Crippen LogP contribution in [0.3, 0.4) is 0 Å². The van der Waals surface area contributed by atoms with Gasteiger partial charge >= 0.3 is 5.97 Å². The van der Waals surface area contributed by atoms with Crippen LogP contribution in [0.25, 0.3) is 0 Å². The van der Waals surface area contributed by atoms with Gasteiger partial charge in [-0.25, -0.2) is 4.79 Å². The Bertz CT molecular complexity index is 456. The summed E-state index contributed by atoms with van der Waals surface area (Å²) in [6, 6.07) is 6.95. The summed E-state index contributed by atoms with van der Waals surface area (Å²) in [5, 5.41) is 3.21. The molecule has 1 heterocycles. The quantitative estimate of drug-likeness (QED) is 0.813. The lowest BCUT2D eigenvalue weighted by Crippen LogP contribution is -2.38. The Morgan fingerprint density at radius 1 is 1.26 bits per heavy atom. The third kappa shape index (κ3) is 3.32. The first-order valence-corrected chi connectivity index (χ1v) is 6.42. The third-order valence-corrected chi connectivity index (χ3v) is 3.15. The van der Waals surface area contributed by atoms with E-state index >= 15 is 0 Å². The first kappa shape index (κ1) is 13.5. The van der Waals surface area contributed by atoms with Crippen LogP contribution in [0.15, 0.2) is 24.3 Å². The van der Waals surface area contributed by atoms with Gasteiger partial charge in [0.2, 0.25) is 5.91 Å². The molecule has 1 N–H and O–H groups in total. The summed E-state index contributed by atoms with van der Waals surface area (Å²) in [6.45, 7) is 2.34. The molecule has 0 saturated carbocycles. The molecule has 0 aliphatic carbocycles. The summed E-state index contributed by atoms with van der Waals surface area (Å²) < 4.78 is 4.65. The van der Waals surface area contributed by atoms with E-state index in [1.54, 1.807) is 29.2 Å². The van der Waals surface area contributed by atoms with E-state index in [1.165, 1.54) is 7.11 Å². The van der Waals surface area contributed by atoms with Gasteiger partial charge in [-0.05, 0) is 37.2 Å². The van der Waals surface area contributed by atoms with Gasteiger partial charge < -0.3 is 15.0 Å². The summed E-state index contributed by atoms with van der Waals surface area (Å²) in [6.07, 6.45) is 1.42. The molecule has 1 amide bonds.